The maximum absolute atomic E-state index is 12.5. The second-order valence-corrected chi connectivity index (χ2v) is 5.10. The van der Waals surface area contributed by atoms with Crippen molar-refractivity contribution < 1.29 is 9.90 Å². The molecule has 0 aliphatic heterocycles. The van der Waals surface area contributed by atoms with Crippen LogP contribution >= 0.6 is 0 Å². The van der Waals surface area contributed by atoms with E-state index in [1.165, 1.54) is 5.56 Å². The molecule has 2 aromatic rings. The summed E-state index contributed by atoms with van der Waals surface area (Å²) >= 11 is 0. The van der Waals surface area contributed by atoms with Crippen molar-refractivity contribution in [3.63, 3.8) is 0 Å². The van der Waals surface area contributed by atoms with Crippen molar-refractivity contribution >= 4 is 11.6 Å². The first-order valence-corrected chi connectivity index (χ1v) is 6.55. The Kier molecular flexibility index (Phi) is 3.79. The van der Waals surface area contributed by atoms with E-state index in [0.29, 0.717) is 11.1 Å². The molecular weight excluding hydrogens is 250 g/mol. The first kappa shape index (κ1) is 14.1. The predicted molar refractivity (Wildman–Crippen MR) is 81.5 cm³/mol. The van der Waals surface area contributed by atoms with Crippen LogP contribution in [0.1, 0.15) is 27.0 Å². The Labute approximate surface area is 119 Å². The first-order chi connectivity index (χ1) is 9.41. The highest BCUT2D eigenvalue weighted by molar-refractivity contribution is 6.07. The fourth-order valence-electron chi connectivity index (χ4n) is 2.06. The normalized spacial score (nSPS) is 10.4. The molecule has 3 nitrogen and oxygen atoms in total. The highest BCUT2D eigenvalue weighted by Gasteiger charge is 2.18. The van der Waals surface area contributed by atoms with Gasteiger partial charge in [0.15, 0.2) is 0 Å². The van der Waals surface area contributed by atoms with Crippen molar-refractivity contribution in [2.75, 3.05) is 11.9 Å². The lowest BCUT2D eigenvalue weighted by Crippen LogP contribution is -2.26. The standard InChI is InChI=1S/C17H19NO2/c1-11-8-9-14(10-13(11)3)18(4)17(20)15-7-5-6-12(2)16(15)19/h5-10,19H,1-4H3. The summed E-state index contributed by atoms with van der Waals surface area (Å²) in [4.78, 5) is 14.0. The Balaban J connectivity index is 2.37. The molecule has 3 heteroatoms. The van der Waals surface area contributed by atoms with Gasteiger partial charge in [-0.05, 0) is 55.7 Å². The van der Waals surface area contributed by atoms with E-state index in [9.17, 15) is 9.90 Å². The summed E-state index contributed by atoms with van der Waals surface area (Å²) < 4.78 is 0. The number of carbonyl (C=O) groups excluding carboxylic acids is 1. The van der Waals surface area contributed by atoms with Crippen molar-refractivity contribution in [1.29, 1.82) is 0 Å². The molecule has 20 heavy (non-hydrogen) atoms. The number of nitrogens with zero attached hydrogens (tertiary/aromatic N) is 1. The molecule has 2 rings (SSSR count). The Morgan fingerprint density at radius 2 is 1.70 bits per heavy atom. The van der Waals surface area contributed by atoms with Crippen LogP contribution in [0.2, 0.25) is 0 Å². The Morgan fingerprint density at radius 3 is 2.35 bits per heavy atom. The number of para-hydroxylation sites is 1. The molecule has 2 aromatic carbocycles. The number of benzene rings is 2. The molecule has 0 atom stereocenters. The van der Waals surface area contributed by atoms with Gasteiger partial charge in [0.25, 0.3) is 5.91 Å². The van der Waals surface area contributed by atoms with Gasteiger partial charge in [-0.15, -0.1) is 0 Å². The molecule has 0 aromatic heterocycles. The maximum Gasteiger partial charge on any atom is 0.261 e. The van der Waals surface area contributed by atoms with Crippen LogP contribution in [0.3, 0.4) is 0 Å². The average Bonchev–Trinajstić information content (AvgIpc) is 2.43. The number of aryl methyl sites for hydroxylation is 3. The van der Waals surface area contributed by atoms with Gasteiger partial charge in [0.1, 0.15) is 5.75 Å². The average molecular weight is 269 g/mol. The summed E-state index contributed by atoms with van der Waals surface area (Å²) in [5.41, 5.74) is 4.16. The third-order valence-corrected chi connectivity index (χ3v) is 3.65. The van der Waals surface area contributed by atoms with Crippen LogP contribution in [0.25, 0.3) is 0 Å². The van der Waals surface area contributed by atoms with E-state index in [-0.39, 0.29) is 11.7 Å². The Hall–Kier alpha value is -2.29. The van der Waals surface area contributed by atoms with Gasteiger partial charge >= 0.3 is 0 Å². The third-order valence-electron chi connectivity index (χ3n) is 3.65. The topological polar surface area (TPSA) is 40.5 Å². The van der Waals surface area contributed by atoms with Crippen molar-refractivity contribution in [2.24, 2.45) is 0 Å². The fourth-order valence-corrected chi connectivity index (χ4v) is 2.06. The molecular formula is C17H19NO2. The quantitative estimate of drug-likeness (QED) is 0.905. The third kappa shape index (κ3) is 2.52. The minimum atomic E-state index is -0.213. The number of hydrogen-bond acceptors (Lipinski definition) is 2. The second-order valence-electron chi connectivity index (χ2n) is 5.10. The van der Waals surface area contributed by atoms with Crippen LogP contribution in [-0.4, -0.2) is 18.1 Å². The molecule has 1 amide bonds. The van der Waals surface area contributed by atoms with Gasteiger partial charge in [0.2, 0.25) is 0 Å². The number of phenols is 1. The lowest BCUT2D eigenvalue weighted by molar-refractivity contribution is 0.0990. The van der Waals surface area contributed by atoms with Gasteiger partial charge in [-0.3, -0.25) is 4.79 Å². The largest absolute Gasteiger partial charge is 0.507 e. The van der Waals surface area contributed by atoms with E-state index >= 15 is 0 Å². The molecule has 0 bridgehead atoms. The molecule has 104 valence electrons. The van der Waals surface area contributed by atoms with Crippen molar-refractivity contribution in [3.05, 3.63) is 58.7 Å². The van der Waals surface area contributed by atoms with Crippen LogP contribution in [0.15, 0.2) is 36.4 Å². The molecule has 0 saturated heterocycles. The van der Waals surface area contributed by atoms with E-state index in [1.54, 1.807) is 37.1 Å². The van der Waals surface area contributed by atoms with E-state index < -0.39 is 0 Å². The number of phenolic OH excluding ortho intramolecular Hbond substituents is 1. The van der Waals surface area contributed by atoms with Crippen LogP contribution in [0.4, 0.5) is 5.69 Å². The van der Waals surface area contributed by atoms with Gasteiger partial charge < -0.3 is 10.0 Å². The molecule has 0 saturated carbocycles. The zero-order valence-corrected chi connectivity index (χ0v) is 12.3. The lowest BCUT2D eigenvalue weighted by atomic mass is 10.1. The summed E-state index contributed by atoms with van der Waals surface area (Å²) in [5.74, 6) is -0.164. The van der Waals surface area contributed by atoms with Crippen molar-refractivity contribution in [2.45, 2.75) is 20.8 Å². The van der Waals surface area contributed by atoms with Gasteiger partial charge in [0.05, 0.1) is 5.56 Å². The molecule has 0 unspecified atom stereocenters. The molecule has 0 radical (unpaired) electrons. The van der Waals surface area contributed by atoms with Crippen molar-refractivity contribution in [3.8, 4) is 5.75 Å². The second kappa shape index (κ2) is 5.37. The number of amides is 1. The molecule has 0 aliphatic rings. The van der Waals surface area contributed by atoms with Crippen LogP contribution in [0, 0.1) is 20.8 Å². The van der Waals surface area contributed by atoms with Crippen LogP contribution < -0.4 is 4.90 Å². The number of hydrogen-bond donors (Lipinski definition) is 1. The zero-order valence-electron chi connectivity index (χ0n) is 12.3. The highest BCUT2D eigenvalue weighted by atomic mass is 16.3. The lowest BCUT2D eigenvalue weighted by Gasteiger charge is -2.19. The van der Waals surface area contributed by atoms with E-state index in [4.69, 9.17) is 0 Å². The number of anilines is 1. The van der Waals surface area contributed by atoms with Gasteiger partial charge in [-0.25, -0.2) is 0 Å². The Bertz CT molecular complexity index is 662. The summed E-state index contributed by atoms with van der Waals surface area (Å²) in [6, 6.07) is 11.1. The molecule has 0 aliphatic carbocycles. The summed E-state index contributed by atoms with van der Waals surface area (Å²) in [6.07, 6.45) is 0. The summed E-state index contributed by atoms with van der Waals surface area (Å²) in [6.45, 7) is 5.83. The zero-order chi connectivity index (χ0) is 14.9. The van der Waals surface area contributed by atoms with E-state index in [0.717, 1.165) is 11.3 Å². The number of aromatic hydroxyl groups is 1. The monoisotopic (exact) mass is 269 g/mol. The van der Waals surface area contributed by atoms with E-state index in [1.807, 2.05) is 32.0 Å². The van der Waals surface area contributed by atoms with E-state index in [2.05, 4.69) is 0 Å². The molecule has 0 spiro atoms. The van der Waals surface area contributed by atoms with Crippen molar-refractivity contribution in [1.82, 2.24) is 0 Å². The minimum Gasteiger partial charge on any atom is -0.507 e. The molecule has 1 N–H and O–H groups in total. The van der Waals surface area contributed by atoms with Crippen LogP contribution in [-0.2, 0) is 0 Å². The minimum absolute atomic E-state index is 0.0492. The van der Waals surface area contributed by atoms with Gasteiger partial charge in [-0.1, -0.05) is 18.2 Å². The SMILES string of the molecule is Cc1ccc(N(C)C(=O)c2cccc(C)c2O)cc1C. The number of rotatable bonds is 2. The highest BCUT2D eigenvalue weighted by Crippen LogP contribution is 2.25. The van der Waals surface area contributed by atoms with Gasteiger partial charge in [-0.2, -0.15) is 0 Å². The fraction of sp³-hybridized carbons (Fsp3) is 0.235. The molecule has 0 heterocycles. The van der Waals surface area contributed by atoms with Crippen LogP contribution in [0.5, 0.6) is 5.75 Å². The van der Waals surface area contributed by atoms with Gasteiger partial charge in [0, 0.05) is 12.7 Å². The smallest absolute Gasteiger partial charge is 0.261 e. The maximum atomic E-state index is 12.5. The number of carbonyl (C=O) groups is 1. The predicted octanol–water partition coefficient (Wildman–Crippen LogP) is 3.59. The first-order valence-electron chi connectivity index (χ1n) is 6.55. The molecule has 0 fully saturated rings. The summed E-state index contributed by atoms with van der Waals surface area (Å²) in [7, 11) is 1.72. The summed E-state index contributed by atoms with van der Waals surface area (Å²) in [5, 5.41) is 10.0. The Morgan fingerprint density at radius 1 is 1.00 bits per heavy atom.